The summed E-state index contributed by atoms with van der Waals surface area (Å²) in [6.45, 7) is 5.18. The summed E-state index contributed by atoms with van der Waals surface area (Å²) in [5, 5.41) is 20.6. The highest BCUT2D eigenvalue weighted by Gasteiger charge is 2.31. The summed E-state index contributed by atoms with van der Waals surface area (Å²) in [6.07, 6.45) is 3.99. The summed E-state index contributed by atoms with van der Waals surface area (Å²) in [5.74, 6) is 0.117. The fourth-order valence-electron chi connectivity index (χ4n) is 5.02. The molecule has 2 atom stereocenters. The third-order valence-electron chi connectivity index (χ3n) is 7.45. The first kappa shape index (κ1) is 24.7. The molecule has 0 spiro atoms. The van der Waals surface area contributed by atoms with E-state index in [4.69, 9.17) is 5.26 Å². The Labute approximate surface area is 206 Å². The van der Waals surface area contributed by atoms with E-state index in [0.29, 0.717) is 30.1 Å². The van der Waals surface area contributed by atoms with Crippen molar-refractivity contribution in [3.63, 3.8) is 0 Å². The van der Waals surface area contributed by atoms with Crippen LogP contribution in [0.5, 0.6) is 0 Å². The minimum absolute atomic E-state index is 0.00869. The number of ketones is 1. The van der Waals surface area contributed by atoms with Gasteiger partial charge in [-0.1, -0.05) is 38.5 Å². The number of rotatable bonds is 7. The van der Waals surface area contributed by atoms with Crippen LogP contribution in [0.25, 0.3) is 10.9 Å². The molecule has 0 radical (unpaired) electrons. The van der Waals surface area contributed by atoms with Crippen LogP contribution in [0, 0.1) is 17.2 Å². The van der Waals surface area contributed by atoms with Crippen molar-refractivity contribution in [2.45, 2.75) is 51.6 Å². The first-order chi connectivity index (χ1) is 16.8. The number of carbonyl (C=O) groups excluding carboxylic acids is 2. The van der Waals surface area contributed by atoms with Crippen LogP contribution in [-0.2, 0) is 18.3 Å². The fraction of sp³-hybridized carbons (Fsp3) is 0.414. The number of hydrogen-bond acceptors (Lipinski definition) is 4. The highest BCUT2D eigenvalue weighted by molar-refractivity contribution is 5.98. The lowest BCUT2D eigenvalue weighted by atomic mass is 9.88. The normalized spacial score (nSPS) is 16.1. The van der Waals surface area contributed by atoms with Gasteiger partial charge in [-0.05, 0) is 60.1 Å². The molecule has 1 aliphatic heterocycles. The summed E-state index contributed by atoms with van der Waals surface area (Å²) < 4.78 is 2.12. The molecule has 35 heavy (non-hydrogen) atoms. The lowest BCUT2D eigenvalue weighted by Gasteiger charge is -2.34. The zero-order valence-corrected chi connectivity index (χ0v) is 20.7. The molecular weight excluding hydrogens is 438 g/mol. The molecule has 0 unspecified atom stereocenters. The molecular formula is C29H33N3O3. The summed E-state index contributed by atoms with van der Waals surface area (Å²) in [6, 6.07) is 15.1. The van der Waals surface area contributed by atoms with Gasteiger partial charge in [0.2, 0.25) is 0 Å². The Kier molecular flexibility index (Phi) is 7.37. The van der Waals surface area contributed by atoms with E-state index in [1.807, 2.05) is 27.0 Å². The summed E-state index contributed by atoms with van der Waals surface area (Å²) in [7, 11) is 2.03. The van der Waals surface area contributed by atoms with Crippen molar-refractivity contribution < 1.29 is 14.7 Å². The number of aliphatic hydroxyl groups is 1. The van der Waals surface area contributed by atoms with Crippen LogP contribution in [0.4, 0.5) is 0 Å². The van der Waals surface area contributed by atoms with Crippen LogP contribution in [0.3, 0.4) is 0 Å². The number of likely N-dealkylation sites (tertiary alicyclic amines) is 1. The Morgan fingerprint density at radius 3 is 2.60 bits per heavy atom. The Balaban J connectivity index is 1.51. The number of fused-ring (bicyclic) bond motifs is 1. The number of Topliss-reactive ketones (excluding diaryl/α,β-unsaturated/α-hetero) is 1. The standard InChI is InChI=1S/C29H33N3O3/c1-4-19(2)28(34)29(35)32-12-10-22(11-13-32)25-18-31(3)26-9-8-20(15-24(25)26)16-27(33)23-7-5-6-21(14-23)17-30/h5-9,14-15,18-19,22,28,34H,4,10-13,16H2,1-3H3/t19-,28-/m0/s1. The second kappa shape index (κ2) is 10.5. The van der Waals surface area contributed by atoms with Gasteiger partial charge in [0.25, 0.3) is 5.91 Å². The minimum Gasteiger partial charge on any atom is -0.383 e. The molecule has 0 saturated carbocycles. The van der Waals surface area contributed by atoms with Gasteiger partial charge in [-0.3, -0.25) is 9.59 Å². The number of aliphatic hydroxyl groups excluding tert-OH is 1. The molecule has 1 fully saturated rings. The lowest BCUT2D eigenvalue weighted by molar-refractivity contribution is -0.143. The Hall–Kier alpha value is -3.43. The SMILES string of the molecule is CC[C@H](C)[C@H](O)C(=O)N1CCC(c2cn(C)c3ccc(CC(=O)c4cccc(C#N)c4)cc23)CC1. The number of piperidine rings is 1. The van der Waals surface area contributed by atoms with E-state index in [2.05, 4.69) is 29.0 Å². The van der Waals surface area contributed by atoms with Crippen LogP contribution in [-0.4, -0.2) is 45.5 Å². The summed E-state index contributed by atoms with van der Waals surface area (Å²) in [4.78, 5) is 27.4. The van der Waals surface area contributed by atoms with Gasteiger partial charge in [-0.15, -0.1) is 0 Å². The van der Waals surface area contributed by atoms with E-state index < -0.39 is 6.10 Å². The Morgan fingerprint density at radius 2 is 1.91 bits per heavy atom. The maximum absolute atomic E-state index is 12.9. The third kappa shape index (κ3) is 5.16. The number of nitriles is 1. The van der Waals surface area contributed by atoms with Crippen molar-refractivity contribution >= 4 is 22.6 Å². The van der Waals surface area contributed by atoms with Crippen LogP contribution in [0.15, 0.2) is 48.7 Å². The van der Waals surface area contributed by atoms with Crippen LogP contribution in [0.2, 0.25) is 0 Å². The number of nitrogens with zero attached hydrogens (tertiary/aromatic N) is 3. The quantitative estimate of drug-likeness (QED) is 0.511. The van der Waals surface area contributed by atoms with E-state index in [0.717, 1.165) is 35.7 Å². The van der Waals surface area contributed by atoms with E-state index >= 15 is 0 Å². The van der Waals surface area contributed by atoms with Crippen LogP contribution < -0.4 is 0 Å². The Morgan fingerprint density at radius 1 is 1.17 bits per heavy atom. The van der Waals surface area contributed by atoms with Crippen LogP contribution in [0.1, 0.15) is 66.1 Å². The molecule has 4 rings (SSSR count). The van der Waals surface area contributed by atoms with Gasteiger partial charge in [0.15, 0.2) is 5.78 Å². The smallest absolute Gasteiger partial charge is 0.251 e. The number of amides is 1. The van der Waals surface area contributed by atoms with Crippen molar-refractivity contribution in [3.05, 3.63) is 70.9 Å². The van der Waals surface area contributed by atoms with Crippen molar-refractivity contribution in [2.75, 3.05) is 13.1 Å². The zero-order valence-electron chi connectivity index (χ0n) is 20.7. The molecule has 1 saturated heterocycles. The average molecular weight is 472 g/mol. The second-order valence-corrected chi connectivity index (χ2v) is 9.77. The molecule has 1 amide bonds. The van der Waals surface area contributed by atoms with Gasteiger partial charge in [0.05, 0.1) is 11.6 Å². The van der Waals surface area contributed by atoms with Crippen molar-refractivity contribution in [1.29, 1.82) is 5.26 Å². The maximum atomic E-state index is 12.9. The number of aromatic nitrogens is 1. The van der Waals surface area contributed by atoms with Gasteiger partial charge in [-0.2, -0.15) is 5.26 Å². The summed E-state index contributed by atoms with van der Waals surface area (Å²) >= 11 is 0. The molecule has 1 aliphatic rings. The van der Waals surface area contributed by atoms with E-state index in [-0.39, 0.29) is 24.0 Å². The third-order valence-corrected chi connectivity index (χ3v) is 7.45. The van der Waals surface area contributed by atoms with Gasteiger partial charge >= 0.3 is 0 Å². The molecule has 2 heterocycles. The minimum atomic E-state index is -0.928. The highest BCUT2D eigenvalue weighted by atomic mass is 16.3. The molecule has 1 aromatic heterocycles. The zero-order chi connectivity index (χ0) is 25.1. The average Bonchev–Trinajstić information content (AvgIpc) is 3.22. The monoisotopic (exact) mass is 471 g/mol. The molecule has 6 heteroatoms. The lowest BCUT2D eigenvalue weighted by Crippen LogP contribution is -2.45. The number of carbonyl (C=O) groups is 2. The predicted octanol–water partition coefficient (Wildman–Crippen LogP) is 4.59. The molecule has 3 aromatic rings. The van der Waals surface area contributed by atoms with Gasteiger partial charge in [0.1, 0.15) is 6.10 Å². The highest BCUT2D eigenvalue weighted by Crippen LogP contribution is 2.35. The molecule has 1 N–H and O–H groups in total. The van der Waals surface area contributed by atoms with E-state index in [1.165, 1.54) is 5.56 Å². The number of hydrogen-bond donors (Lipinski definition) is 1. The second-order valence-electron chi connectivity index (χ2n) is 9.77. The van der Waals surface area contributed by atoms with Crippen molar-refractivity contribution in [3.8, 4) is 6.07 Å². The van der Waals surface area contributed by atoms with E-state index in [1.54, 1.807) is 29.2 Å². The van der Waals surface area contributed by atoms with Crippen molar-refractivity contribution in [1.82, 2.24) is 9.47 Å². The van der Waals surface area contributed by atoms with Gasteiger partial charge < -0.3 is 14.6 Å². The van der Waals surface area contributed by atoms with Gasteiger partial charge in [0, 0.05) is 49.2 Å². The topological polar surface area (TPSA) is 86.3 Å². The number of aryl methyl sites for hydroxylation is 1. The predicted molar refractivity (Wildman–Crippen MR) is 136 cm³/mol. The fourth-order valence-corrected chi connectivity index (χ4v) is 5.02. The van der Waals surface area contributed by atoms with Gasteiger partial charge in [-0.25, -0.2) is 0 Å². The molecule has 6 nitrogen and oxygen atoms in total. The first-order valence-corrected chi connectivity index (χ1v) is 12.4. The van der Waals surface area contributed by atoms with E-state index in [9.17, 15) is 14.7 Å². The maximum Gasteiger partial charge on any atom is 0.251 e. The molecule has 0 bridgehead atoms. The largest absolute Gasteiger partial charge is 0.383 e. The Bertz CT molecular complexity index is 1280. The van der Waals surface area contributed by atoms with Crippen molar-refractivity contribution in [2.24, 2.45) is 13.0 Å². The molecule has 182 valence electrons. The molecule has 0 aliphatic carbocycles. The first-order valence-electron chi connectivity index (χ1n) is 12.4. The molecule has 2 aromatic carbocycles. The summed E-state index contributed by atoms with van der Waals surface area (Å²) in [5.41, 5.74) is 4.35. The number of benzene rings is 2. The van der Waals surface area contributed by atoms with Crippen LogP contribution >= 0.6 is 0 Å².